The number of hydrogen-bond acceptors (Lipinski definition) is 8. The third-order valence-corrected chi connectivity index (χ3v) is 21.3. The van der Waals surface area contributed by atoms with E-state index in [4.69, 9.17) is 0 Å². The van der Waals surface area contributed by atoms with Gasteiger partial charge in [-0.3, -0.25) is 0 Å². The van der Waals surface area contributed by atoms with Gasteiger partial charge < -0.3 is 39.2 Å². The molecular formula is C93H101N10+. The molecule has 0 bridgehead atoms. The molecule has 0 radical (unpaired) electrons. The van der Waals surface area contributed by atoms with Gasteiger partial charge in [0.05, 0.1) is 34.1 Å². The Morgan fingerprint density at radius 1 is 0.301 bits per heavy atom. The highest BCUT2D eigenvalue weighted by molar-refractivity contribution is 6.12. The lowest BCUT2D eigenvalue weighted by atomic mass is 9.92. The summed E-state index contributed by atoms with van der Waals surface area (Å²) in [6, 6.07) is 94.9. The van der Waals surface area contributed by atoms with E-state index in [1.165, 1.54) is 134 Å². The minimum atomic E-state index is 0.232. The van der Waals surface area contributed by atoms with Crippen LogP contribution in [-0.2, 0) is 7.05 Å². The van der Waals surface area contributed by atoms with Crippen LogP contribution in [0.2, 0.25) is 0 Å². The number of rotatable bonds is 8. The van der Waals surface area contributed by atoms with Crippen molar-refractivity contribution < 1.29 is 4.68 Å². The quantitative estimate of drug-likeness (QED) is 0.110. The molecule has 13 aromatic rings. The van der Waals surface area contributed by atoms with Gasteiger partial charge in [-0.15, -0.1) is 9.20 Å². The lowest BCUT2D eigenvalue weighted by Gasteiger charge is -2.34. The monoisotopic (exact) mass is 1360 g/mol. The molecule has 0 spiro atoms. The number of aromatic nitrogens is 2. The highest BCUT2D eigenvalue weighted by Crippen LogP contribution is 2.50. The number of hydrogen-bond donors (Lipinski definition) is 0. The second-order valence-corrected chi connectivity index (χ2v) is 28.5. The van der Waals surface area contributed by atoms with Crippen LogP contribution >= 0.6 is 0 Å². The van der Waals surface area contributed by atoms with Gasteiger partial charge in [0, 0.05) is 77.5 Å². The summed E-state index contributed by atoms with van der Waals surface area (Å²) in [5.41, 5.74) is 27.4. The molecule has 522 valence electrons. The number of pyridine rings is 1. The Morgan fingerprint density at radius 2 is 0.650 bits per heavy atom. The van der Waals surface area contributed by atoms with E-state index in [0.717, 1.165) is 0 Å². The molecule has 0 amide bonds. The minimum absolute atomic E-state index is 0.232. The van der Waals surface area contributed by atoms with Gasteiger partial charge in [0.1, 0.15) is 35.7 Å². The predicted molar refractivity (Wildman–Crippen MR) is 441 cm³/mol. The number of benzene rings is 11. The molecule has 0 aliphatic carbocycles. The molecule has 4 aliphatic heterocycles. The summed E-state index contributed by atoms with van der Waals surface area (Å²) in [7, 11) is 6.40. The summed E-state index contributed by atoms with van der Waals surface area (Å²) >= 11 is 0. The average molecular weight is 1360 g/mol. The zero-order chi connectivity index (χ0) is 72.3. The first kappa shape index (κ1) is 70.2. The molecule has 103 heavy (non-hydrogen) atoms. The van der Waals surface area contributed by atoms with Crippen LogP contribution in [0.3, 0.4) is 0 Å². The van der Waals surface area contributed by atoms with Crippen molar-refractivity contribution in [3.05, 3.63) is 324 Å². The zero-order valence-electron chi connectivity index (χ0n) is 63.1. The number of para-hydroxylation sites is 13. The fraction of sp³-hybridized carbons (Fsp3) is 0.237. The van der Waals surface area contributed by atoms with Crippen LogP contribution in [0.1, 0.15) is 106 Å². The SMILES string of the molecule is Cc1cccc2c3ccccc3c3cc[n+](C)n3c12.Cc1ccccc1N1C=CN(c2c(C(C)C)cccc2C(C)C)[C@H]1C.Cc1ccccc1N1c2ccccc2N(C)[C@H]1C.Cc1ccccc1N1c2ccccc2N(C)[C@H]1C.Cc1ccccc1N1c2ccccc2N(c2ccccc2)[C@H]1C. The Hall–Kier alpha value is -11.2. The summed E-state index contributed by atoms with van der Waals surface area (Å²) < 4.78 is 4.45. The molecule has 0 saturated heterocycles. The summed E-state index contributed by atoms with van der Waals surface area (Å²) in [6.07, 6.45) is 7.77. The van der Waals surface area contributed by atoms with E-state index in [9.17, 15) is 0 Å². The fourth-order valence-corrected chi connectivity index (χ4v) is 15.7. The van der Waals surface area contributed by atoms with Crippen LogP contribution in [0.15, 0.2) is 286 Å². The first-order valence-corrected chi connectivity index (χ1v) is 36.7. The summed E-state index contributed by atoms with van der Waals surface area (Å²) in [5.74, 6) is 1.00. The third kappa shape index (κ3) is 13.4. The van der Waals surface area contributed by atoms with E-state index in [1.807, 2.05) is 0 Å². The maximum atomic E-state index is 2.44. The Bertz CT molecular complexity index is 5030. The van der Waals surface area contributed by atoms with Crippen LogP contribution in [0.25, 0.3) is 27.2 Å². The van der Waals surface area contributed by atoms with Gasteiger partial charge in [-0.05, 0) is 191 Å². The van der Waals surface area contributed by atoms with Crippen molar-refractivity contribution >= 4 is 95.4 Å². The Balaban J connectivity index is 0.000000115. The summed E-state index contributed by atoms with van der Waals surface area (Å²) in [4.78, 5) is 19.1. The highest BCUT2D eigenvalue weighted by atomic mass is 15.4. The van der Waals surface area contributed by atoms with Crippen LogP contribution < -0.4 is 43.9 Å². The van der Waals surface area contributed by atoms with Gasteiger partial charge in [0.25, 0.3) is 0 Å². The molecule has 2 aromatic heterocycles. The molecule has 4 atom stereocenters. The average Bonchev–Trinajstić information content (AvgIpc) is 1.73. The second-order valence-electron chi connectivity index (χ2n) is 28.5. The predicted octanol–water partition coefficient (Wildman–Crippen LogP) is 23.3. The number of aryl methyl sites for hydroxylation is 6. The Labute approximate surface area is 612 Å². The normalized spacial score (nSPS) is 16.3. The van der Waals surface area contributed by atoms with Crippen molar-refractivity contribution in [2.75, 3.05) is 53.3 Å². The fourth-order valence-electron chi connectivity index (χ4n) is 15.7. The molecule has 11 aromatic carbocycles. The Kier molecular flexibility index (Phi) is 20.6. The van der Waals surface area contributed by atoms with Crippen molar-refractivity contribution in [2.24, 2.45) is 7.05 Å². The molecule has 0 unspecified atom stereocenters. The van der Waals surface area contributed by atoms with Crippen LogP contribution in [0.4, 0.5) is 68.2 Å². The van der Waals surface area contributed by atoms with E-state index in [2.05, 4.69) is 445 Å². The molecule has 4 aliphatic rings. The maximum absolute atomic E-state index is 2.44. The third-order valence-electron chi connectivity index (χ3n) is 21.3. The topological polar surface area (TPSA) is 34.2 Å². The van der Waals surface area contributed by atoms with Crippen molar-refractivity contribution in [1.29, 1.82) is 0 Å². The molecular weight excluding hydrogens is 1260 g/mol. The van der Waals surface area contributed by atoms with Crippen molar-refractivity contribution in [3.8, 4) is 0 Å². The lowest BCUT2D eigenvalue weighted by molar-refractivity contribution is -0.735. The second kappa shape index (κ2) is 30.1. The molecule has 0 saturated carbocycles. The van der Waals surface area contributed by atoms with Crippen molar-refractivity contribution in [1.82, 2.24) is 4.52 Å². The molecule has 10 nitrogen and oxygen atoms in total. The molecule has 17 rings (SSSR count). The van der Waals surface area contributed by atoms with Gasteiger partial charge in [-0.1, -0.05) is 216 Å². The minimum Gasteiger partial charge on any atom is -0.353 e. The number of nitrogens with zero attached hydrogens (tertiary/aromatic N) is 10. The van der Waals surface area contributed by atoms with E-state index < -0.39 is 0 Å². The van der Waals surface area contributed by atoms with Crippen molar-refractivity contribution in [2.45, 2.75) is 127 Å². The first-order valence-electron chi connectivity index (χ1n) is 36.7. The standard InChI is InChI=1S/C23H30N2.C21H20N2.C17H15N2.2C16H18N2/c1-16(2)20-11-9-12-21(17(3)4)23(20)25-15-14-24(19(25)6)22-13-8-7-10-18(22)5;1-16-10-6-7-13-19(16)23-17(2)22(18-11-4-3-5-12-18)20-14-8-9-15-21(20)23;1-12-6-5-9-15-13-7-3-4-8-14(13)16-10-11-18(2)19(16)17(12)15;2*1-12-8-4-5-9-14(12)18-13(2)17(3)15-10-6-7-11-16(15)18/h7-17,19H,1-6H3;3-15,17H,1-2H3;3-11H,1-2H3;2*4-11,13H,1-3H3/q;;+1;;/t19-;17-;;2*13-/m01.11/s1. The number of anilines is 12. The lowest BCUT2D eigenvalue weighted by Crippen LogP contribution is -2.37. The van der Waals surface area contributed by atoms with Gasteiger partial charge >= 0.3 is 0 Å². The van der Waals surface area contributed by atoms with E-state index in [1.54, 1.807) is 0 Å². The van der Waals surface area contributed by atoms with Gasteiger partial charge in [-0.25, -0.2) is 0 Å². The first-order chi connectivity index (χ1) is 49.9. The van der Waals surface area contributed by atoms with Gasteiger partial charge in [0.2, 0.25) is 0 Å². The smallest absolute Gasteiger partial charge is 0.196 e. The van der Waals surface area contributed by atoms with Gasteiger partial charge in [0.15, 0.2) is 13.2 Å². The molecule has 0 fully saturated rings. The molecule has 6 heterocycles. The number of fused-ring (bicyclic) bond motifs is 9. The van der Waals surface area contributed by atoms with Crippen LogP contribution in [0.5, 0.6) is 0 Å². The van der Waals surface area contributed by atoms with E-state index in [0.29, 0.717) is 24.2 Å². The van der Waals surface area contributed by atoms with E-state index in [-0.39, 0.29) is 12.3 Å². The van der Waals surface area contributed by atoms with Gasteiger partial charge in [-0.2, -0.15) is 0 Å². The summed E-state index contributed by atoms with van der Waals surface area (Å²) in [6.45, 7) is 29.0. The largest absolute Gasteiger partial charge is 0.353 e. The molecule has 0 N–H and O–H groups in total. The van der Waals surface area contributed by atoms with Crippen LogP contribution in [-0.4, -0.2) is 43.3 Å². The maximum Gasteiger partial charge on any atom is 0.196 e. The van der Waals surface area contributed by atoms with Crippen molar-refractivity contribution in [3.63, 3.8) is 0 Å². The highest BCUT2D eigenvalue weighted by Gasteiger charge is 2.37. The molecule has 10 heteroatoms. The Morgan fingerprint density at radius 3 is 1.12 bits per heavy atom. The van der Waals surface area contributed by atoms with E-state index >= 15 is 0 Å². The summed E-state index contributed by atoms with van der Waals surface area (Å²) in [5, 5.41) is 3.95. The zero-order valence-corrected chi connectivity index (χ0v) is 63.1. The van der Waals surface area contributed by atoms with Crippen LogP contribution in [0, 0.1) is 34.6 Å².